The Morgan fingerprint density at radius 1 is 1.32 bits per heavy atom. The van der Waals surface area contributed by atoms with Crippen molar-refractivity contribution in [3.8, 4) is 0 Å². The normalized spacial score (nSPS) is 11.2. The van der Waals surface area contributed by atoms with Gasteiger partial charge in [-0.15, -0.1) is 0 Å². The molecule has 0 atom stereocenters. The van der Waals surface area contributed by atoms with Gasteiger partial charge in [0.2, 0.25) is 15.0 Å². The van der Waals surface area contributed by atoms with E-state index in [1.165, 1.54) is 13.0 Å². The molecule has 1 amide bonds. The highest BCUT2D eigenvalue weighted by Crippen LogP contribution is 2.19. The van der Waals surface area contributed by atoms with Crippen molar-refractivity contribution < 1.29 is 13.2 Å². The van der Waals surface area contributed by atoms with Crippen LogP contribution in [-0.2, 0) is 9.84 Å². The number of benzene rings is 1. The first kappa shape index (κ1) is 16.7. The molecule has 1 aromatic carbocycles. The van der Waals surface area contributed by atoms with Crippen molar-refractivity contribution in [2.45, 2.75) is 12.1 Å². The van der Waals surface area contributed by atoms with Gasteiger partial charge in [0.1, 0.15) is 0 Å². The van der Waals surface area contributed by atoms with Crippen molar-refractivity contribution in [2.24, 2.45) is 0 Å². The Morgan fingerprint density at radius 3 is 2.68 bits per heavy atom. The van der Waals surface area contributed by atoms with Gasteiger partial charge in [0, 0.05) is 10.7 Å². The van der Waals surface area contributed by atoms with Crippen LogP contribution in [0.4, 0.5) is 5.69 Å². The van der Waals surface area contributed by atoms with Gasteiger partial charge in [0.15, 0.2) is 5.69 Å². The fourth-order valence-corrected chi connectivity index (χ4v) is 2.61. The maximum atomic E-state index is 12.2. The van der Waals surface area contributed by atoms with E-state index < -0.39 is 20.9 Å². The third kappa shape index (κ3) is 3.73. The highest BCUT2D eigenvalue weighted by atomic mass is 35.5. The van der Waals surface area contributed by atoms with Crippen LogP contribution in [0.3, 0.4) is 0 Å². The van der Waals surface area contributed by atoms with Crippen molar-refractivity contribution in [1.29, 1.82) is 0 Å². The zero-order chi connectivity index (χ0) is 16.3. The van der Waals surface area contributed by atoms with E-state index >= 15 is 0 Å². The highest BCUT2D eigenvalue weighted by molar-refractivity contribution is 7.91. The number of sulfone groups is 1. The summed E-state index contributed by atoms with van der Waals surface area (Å²) in [7, 11) is -3.63. The van der Waals surface area contributed by atoms with Crippen LogP contribution in [0.1, 0.15) is 17.4 Å². The van der Waals surface area contributed by atoms with Crippen LogP contribution in [0, 0.1) is 0 Å². The van der Waals surface area contributed by atoms with Crippen molar-refractivity contribution in [1.82, 2.24) is 9.97 Å². The largest absolute Gasteiger partial charge is 0.321 e. The topological polar surface area (TPSA) is 89.0 Å². The minimum absolute atomic E-state index is 0.0467. The Bertz CT molecular complexity index is 825. The molecule has 0 radical (unpaired) electrons. The van der Waals surface area contributed by atoms with Crippen molar-refractivity contribution in [2.75, 3.05) is 11.1 Å². The van der Waals surface area contributed by atoms with Gasteiger partial charge in [-0.05, 0) is 18.2 Å². The molecule has 0 aliphatic carbocycles. The van der Waals surface area contributed by atoms with Gasteiger partial charge in [-0.3, -0.25) is 4.79 Å². The van der Waals surface area contributed by atoms with E-state index in [4.69, 9.17) is 23.2 Å². The molecular weight excluding hydrogens is 349 g/mol. The highest BCUT2D eigenvalue weighted by Gasteiger charge is 2.21. The molecule has 0 spiro atoms. The lowest BCUT2D eigenvalue weighted by molar-refractivity contribution is 0.102. The van der Waals surface area contributed by atoms with E-state index in [9.17, 15) is 13.2 Å². The van der Waals surface area contributed by atoms with Crippen LogP contribution >= 0.6 is 23.2 Å². The van der Waals surface area contributed by atoms with Gasteiger partial charge in [0.25, 0.3) is 5.91 Å². The number of carbonyl (C=O) groups excluding carboxylic acids is 1. The van der Waals surface area contributed by atoms with Crippen LogP contribution in [0.2, 0.25) is 10.0 Å². The van der Waals surface area contributed by atoms with E-state index in [2.05, 4.69) is 15.3 Å². The van der Waals surface area contributed by atoms with Crippen LogP contribution < -0.4 is 5.32 Å². The van der Waals surface area contributed by atoms with Crippen molar-refractivity contribution in [3.05, 3.63) is 46.2 Å². The maximum absolute atomic E-state index is 12.2. The second kappa shape index (κ2) is 6.60. The van der Waals surface area contributed by atoms with Gasteiger partial charge in [-0.25, -0.2) is 18.4 Å². The molecule has 2 aromatic rings. The molecule has 22 heavy (non-hydrogen) atoms. The summed E-state index contributed by atoms with van der Waals surface area (Å²) in [6.45, 7) is 1.46. The van der Waals surface area contributed by atoms with E-state index in [0.29, 0.717) is 10.7 Å². The molecule has 0 aliphatic rings. The number of aromatic nitrogens is 2. The monoisotopic (exact) mass is 359 g/mol. The van der Waals surface area contributed by atoms with Crippen LogP contribution in [0.25, 0.3) is 0 Å². The van der Waals surface area contributed by atoms with Crippen molar-refractivity contribution in [3.63, 3.8) is 0 Å². The van der Waals surface area contributed by atoms with Crippen LogP contribution in [0.15, 0.2) is 35.6 Å². The van der Waals surface area contributed by atoms with E-state index in [1.54, 1.807) is 18.2 Å². The molecule has 2 rings (SSSR count). The van der Waals surface area contributed by atoms with Crippen molar-refractivity contribution >= 4 is 44.6 Å². The summed E-state index contributed by atoms with van der Waals surface area (Å²) in [6, 6.07) is 6.48. The number of anilines is 1. The molecule has 0 bridgehead atoms. The predicted molar refractivity (Wildman–Crippen MR) is 84.2 cm³/mol. The van der Waals surface area contributed by atoms with Crippen LogP contribution in [-0.4, -0.2) is 30.0 Å². The number of nitrogens with zero attached hydrogens (tertiary/aromatic N) is 2. The summed E-state index contributed by atoms with van der Waals surface area (Å²) in [5.74, 6) is -0.827. The fourth-order valence-electron chi connectivity index (χ4n) is 1.55. The third-order valence-electron chi connectivity index (χ3n) is 2.68. The minimum atomic E-state index is -3.63. The summed E-state index contributed by atoms with van der Waals surface area (Å²) >= 11 is 11.7. The Balaban J connectivity index is 2.35. The lowest BCUT2D eigenvalue weighted by Gasteiger charge is -2.07. The van der Waals surface area contributed by atoms with E-state index in [-0.39, 0.29) is 16.5 Å². The fraction of sp³-hybridized carbons (Fsp3) is 0.154. The standard InChI is InChI=1S/C13H11Cl2N3O3S/c1-2-22(20,21)13-16-7-10(15)11(18-13)12(19)17-9-5-3-4-8(14)6-9/h3-7H,2H2,1H3,(H,17,19). The molecule has 0 unspecified atom stereocenters. The molecule has 0 saturated heterocycles. The summed E-state index contributed by atoms with van der Waals surface area (Å²) in [6.07, 6.45) is 1.09. The average molecular weight is 360 g/mol. The lowest BCUT2D eigenvalue weighted by Crippen LogP contribution is -2.18. The van der Waals surface area contributed by atoms with E-state index in [1.807, 2.05) is 0 Å². The molecule has 9 heteroatoms. The lowest BCUT2D eigenvalue weighted by atomic mass is 10.3. The maximum Gasteiger partial charge on any atom is 0.275 e. The number of hydrogen-bond donors (Lipinski definition) is 1. The summed E-state index contributed by atoms with van der Waals surface area (Å²) in [5, 5.41) is 2.51. The molecule has 0 aliphatic heterocycles. The number of carbonyl (C=O) groups is 1. The quantitative estimate of drug-likeness (QED) is 0.847. The summed E-state index contributed by atoms with van der Waals surface area (Å²) in [5.41, 5.74) is 0.218. The summed E-state index contributed by atoms with van der Waals surface area (Å²) in [4.78, 5) is 19.6. The second-order valence-electron chi connectivity index (χ2n) is 4.22. The number of nitrogens with one attached hydrogen (secondary N) is 1. The van der Waals surface area contributed by atoms with Crippen LogP contribution in [0.5, 0.6) is 0 Å². The summed E-state index contributed by atoms with van der Waals surface area (Å²) < 4.78 is 23.5. The third-order valence-corrected chi connectivity index (χ3v) is 4.70. The molecule has 0 fully saturated rings. The van der Waals surface area contributed by atoms with Gasteiger partial charge >= 0.3 is 0 Å². The van der Waals surface area contributed by atoms with E-state index in [0.717, 1.165) is 6.20 Å². The molecule has 1 N–H and O–H groups in total. The smallest absolute Gasteiger partial charge is 0.275 e. The second-order valence-corrected chi connectivity index (χ2v) is 7.23. The first-order chi connectivity index (χ1) is 10.3. The first-order valence-electron chi connectivity index (χ1n) is 6.15. The zero-order valence-corrected chi connectivity index (χ0v) is 13.7. The Hall–Kier alpha value is -1.70. The molecule has 116 valence electrons. The molecule has 6 nitrogen and oxygen atoms in total. The Labute approximate surface area is 137 Å². The minimum Gasteiger partial charge on any atom is -0.321 e. The number of halogens is 2. The molecular formula is C13H11Cl2N3O3S. The Morgan fingerprint density at radius 2 is 2.05 bits per heavy atom. The number of rotatable bonds is 4. The number of amides is 1. The molecule has 1 heterocycles. The average Bonchev–Trinajstić information content (AvgIpc) is 2.47. The molecule has 0 saturated carbocycles. The van der Waals surface area contributed by atoms with Gasteiger partial charge < -0.3 is 5.32 Å². The number of hydrogen-bond acceptors (Lipinski definition) is 5. The SMILES string of the molecule is CCS(=O)(=O)c1ncc(Cl)c(C(=O)Nc2cccc(Cl)c2)n1. The molecule has 1 aromatic heterocycles. The van der Waals surface area contributed by atoms with Gasteiger partial charge in [0.05, 0.1) is 17.0 Å². The first-order valence-corrected chi connectivity index (χ1v) is 8.56. The zero-order valence-electron chi connectivity index (χ0n) is 11.4. The van der Waals surface area contributed by atoms with Gasteiger partial charge in [-0.2, -0.15) is 0 Å². The Kier molecular flexibility index (Phi) is 5.00. The van der Waals surface area contributed by atoms with Gasteiger partial charge in [-0.1, -0.05) is 36.2 Å². The predicted octanol–water partition coefficient (Wildman–Crippen LogP) is 2.83.